The molecule has 3 aromatic carbocycles. The number of amides is 2. The Morgan fingerprint density at radius 2 is 1.61 bits per heavy atom. The molecule has 0 aliphatic carbocycles. The van der Waals surface area contributed by atoms with E-state index < -0.39 is 0 Å². The van der Waals surface area contributed by atoms with Gasteiger partial charge in [0.1, 0.15) is 5.75 Å². The SMILES string of the molecule is COc1ccc2cc([C@H](C)C(=O)Nc3ccc(N(C)C(C)=O)cc3)ccc2c1. The highest BCUT2D eigenvalue weighted by molar-refractivity contribution is 5.97. The van der Waals surface area contributed by atoms with E-state index in [1.807, 2.05) is 55.5 Å². The number of benzene rings is 3. The lowest BCUT2D eigenvalue weighted by Crippen LogP contribution is -2.23. The van der Waals surface area contributed by atoms with Gasteiger partial charge in [-0.2, -0.15) is 0 Å². The highest BCUT2D eigenvalue weighted by atomic mass is 16.5. The third-order valence-electron chi connectivity index (χ3n) is 4.96. The fourth-order valence-corrected chi connectivity index (χ4v) is 2.99. The molecule has 0 saturated carbocycles. The van der Waals surface area contributed by atoms with Gasteiger partial charge in [-0.1, -0.05) is 24.3 Å². The fraction of sp³-hybridized carbons (Fsp3) is 0.217. The molecule has 2 amide bonds. The Morgan fingerprint density at radius 1 is 0.964 bits per heavy atom. The smallest absolute Gasteiger partial charge is 0.231 e. The maximum Gasteiger partial charge on any atom is 0.231 e. The third kappa shape index (κ3) is 4.14. The number of anilines is 2. The van der Waals surface area contributed by atoms with Crippen LogP contribution in [0.25, 0.3) is 10.8 Å². The second kappa shape index (κ2) is 8.13. The number of carbonyl (C=O) groups is 2. The van der Waals surface area contributed by atoms with Crippen molar-refractivity contribution in [3.63, 3.8) is 0 Å². The van der Waals surface area contributed by atoms with Crippen LogP contribution in [0.4, 0.5) is 11.4 Å². The van der Waals surface area contributed by atoms with Crippen LogP contribution < -0.4 is 15.0 Å². The zero-order valence-electron chi connectivity index (χ0n) is 16.5. The monoisotopic (exact) mass is 376 g/mol. The van der Waals surface area contributed by atoms with E-state index >= 15 is 0 Å². The summed E-state index contributed by atoms with van der Waals surface area (Å²) in [4.78, 5) is 25.7. The summed E-state index contributed by atoms with van der Waals surface area (Å²) in [5.41, 5.74) is 2.43. The molecule has 5 nitrogen and oxygen atoms in total. The molecule has 3 aromatic rings. The molecule has 0 fully saturated rings. The number of rotatable bonds is 5. The van der Waals surface area contributed by atoms with Crippen LogP contribution >= 0.6 is 0 Å². The molecule has 1 N–H and O–H groups in total. The molecule has 144 valence electrons. The van der Waals surface area contributed by atoms with Gasteiger partial charge in [-0.05, 0) is 59.7 Å². The molecule has 0 bridgehead atoms. The Hall–Kier alpha value is -3.34. The molecule has 3 rings (SSSR count). The quantitative estimate of drug-likeness (QED) is 0.709. The van der Waals surface area contributed by atoms with Gasteiger partial charge in [0.15, 0.2) is 0 Å². The van der Waals surface area contributed by atoms with Gasteiger partial charge in [0.05, 0.1) is 13.0 Å². The first-order valence-electron chi connectivity index (χ1n) is 9.12. The molecule has 0 spiro atoms. The van der Waals surface area contributed by atoms with Crippen LogP contribution in [-0.2, 0) is 9.59 Å². The van der Waals surface area contributed by atoms with E-state index in [4.69, 9.17) is 4.74 Å². The van der Waals surface area contributed by atoms with Crippen LogP contribution in [-0.4, -0.2) is 26.0 Å². The van der Waals surface area contributed by atoms with E-state index in [9.17, 15) is 9.59 Å². The van der Waals surface area contributed by atoms with Gasteiger partial charge in [0, 0.05) is 25.3 Å². The predicted octanol–water partition coefficient (Wildman–Crippen LogP) is 4.57. The summed E-state index contributed by atoms with van der Waals surface area (Å²) < 4.78 is 5.25. The number of nitrogens with zero attached hydrogens (tertiary/aromatic N) is 1. The Kier molecular flexibility index (Phi) is 5.64. The summed E-state index contributed by atoms with van der Waals surface area (Å²) in [5, 5.41) is 5.07. The molecule has 0 radical (unpaired) electrons. The summed E-state index contributed by atoms with van der Waals surface area (Å²) in [6.07, 6.45) is 0. The number of fused-ring (bicyclic) bond motifs is 1. The maximum absolute atomic E-state index is 12.7. The zero-order valence-corrected chi connectivity index (χ0v) is 16.5. The van der Waals surface area contributed by atoms with Crippen LogP contribution in [0.15, 0.2) is 60.7 Å². The Bertz CT molecular complexity index is 1010. The van der Waals surface area contributed by atoms with Crippen molar-refractivity contribution in [1.29, 1.82) is 0 Å². The van der Waals surface area contributed by atoms with Crippen LogP contribution in [0.3, 0.4) is 0 Å². The number of carbonyl (C=O) groups excluding carboxylic acids is 2. The van der Waals surface area contributed by atoms with Crippen LogP contribution in [0.2, 0.25) is 0 Å². The zero-order chi connectivity index (χ0) is 20.3. The average Bonchev–Trinajstić information content (AvgIpc) is 2.72. The molecule has 0 saturated heterocycles. The first-order valence-corrected chi connectivity index (χ1v) is 9.12. The van der Waals surface area contributed by atoms with Gasteiger partial charge >= 0.3 is 0 Å². The number of hydrogen-bond donors (Lipinski definition) is 1. The van der Waals surface area contributed by atoms with E-state index in [1.54, 1.807) is 31.2 Å². The summed E-state index contributed by atoms with van der Waals surface area (Å²) in [6.45, 7) is 3.40. The minimum atomic E-state index is -0.300. The first kappa shape index (κ1) is 19.4. The lowest BCUT2D eigenvalue weighted by Gasteiger charge is -2.16. The summed E-state index contributed by atoms with van der Waals surface area (Å²) in [6, 6.07) is 19.1. The van der Waals surface area contributed by atoms with Crippen molar-refractivity contribution < 1.29 is 14.3 Å². The molecular formula is C23H24N2O3. The molecule has 5 heteroatoms. The van der Waals surface area contributed by atoms with Gasteiger partial charge in [0.2, 0.25) is 11.8 Å². The van der Waals surface area contributed by atoms with Crippen molar-refractivity contribution in [2.45, 2.75) is 19.8 Å². The van der Waals surface area contributed by atoms with Crippen molar-refractivity contribution in [3.8, 4) is 5.75 Å². The number of ether oxygens (including phenoxy) is 1. The molecule has 28 heavy (non-hydrogen) atoms. The lowest BCUT2D eigenvalue weighted by atomic mass is 9.97. The van der Waals surface area contributed by atoms with E-state index in [-0.39, 0.29) is 17.7 Å². The van der Waals surface area contributed by atoms with E-state index in [2.05, 4.69) is 5.32 Å². The predicted molar refractivity (Wildman–Crippen MR) is 113 cm³/mol. The Morgan fingerprint density at radius 3 is 2.25 bits per heavy atom. The largest absolute Gasteiger partial charge is 0.497 e. The van der Waals surface area contributed by atoms with E-state index in [0.29, 0.717) is 5.69 Å². The molecular weight excluding hydrogens is 352 g/mol. The molecule has 0 heterocycles. The van der Waals surface area contributed by atoms with Gasteiger partial charge in [-0.3, -0.25) is 9.59 Å². The third-order valence-corrected chi connectivity index (χ3v) is 4.96. The highest BCUT2D eigenvalue weighted by Crippen LogP contribution is 2.26. The summed E-state index contributed by atoms with van der Waals surface area (Å²) in [5.74, 6) is 0.385. The molecule has 1 atom stereocenters. The lowest BCUT2D eigenvalue weighted by molar-refractivity contribution is -0.117. The minimum absolute atomic E-state index is 0.0423. The van der Waals surface area contributed by atoms with Gasteiger partial charge < -0.3 is 15.0 Å². The van der Waals surface area contributed by atoms with Gasteiger partial charge in [-0.25, -0.2) is 0 Å². The van der Waals surface area contributed by atoms with Gasteiger partial charge in [0.25, 0.3) is 0 Å². The van der Waals surface area contributed by atoms with Crippen molar-refractivity contribution >= 4 is 34.0 Å². The van der Waals surface area contributed by atoms with Crippen molar-refractivity contribution in [1.82, 2.24) is 0 Å². The highest BCUT2D eigenvalue weighted by Gasteiger charge is 2.16. The normalized spacial score (nSPS) is 11.7. The molecule has 0 aliphatic heterocycles. The van der Waals surface area contributed by atoms with Crippen LogP contribution in [0.1, 0.15) is 25.3 Å². The second-order valence-corrected chi connectivity index (χ2v) is 6.81. The van der Waals surface area contributed by atoms with Crippen LogP contribution in [0, 0.1) is 0 Å². The summed E-state index contributed by atoms with van der Waals surface area (Å²) >= 11 is 0. The molecule has 0 aliphatic rings. The van der Waals surface area contributed by atoms with Crippen molar-refractivity contribution in [2.75, 3.05) is 24.4 Å². The van der Waals surface area contributed by atoms with Crippen LogP contribution in [0.5, 0.6) is 5.75 Å². The summed E-state index contributed by atoms with van der Waals surface area (Å²) in [7, 11) is 3.36. The first-order chi connectivity index (χ1) is 13.4. The standard InChI is InChI=1S/C23H24N2O3/c1-15(17-5-6-19-14-22(28-4)12-7-18(19)13-17)23(27)24-20-8-10-21(11-9-20)25(3)16(2)26/h5-15H,1-4H3,(H,24,27)/t15-/m0/s1. The van der Waals surface area contributed by atoms with E-state index in [0.717, 1.165) is 27.8 Å². The maximum atomic E-state index is 12.7. The van der Waals surface area contributed by atoms with Gasteiger partial charge in [-0.15, -0.1) is 0 Å². The number of methoxy groups -OCH3 is 1. The average molecular weight is 376 g/mol. The Labute approximate surface area is 164 Å². The number of nitrogens with one attached hydrogen (secondary N) is 1. The second-order valence-electron chi connectivity index (χ2n) is 6.81. The van der Waals surface area contributed by atoms with Crippen molar-refractivity contribution in [2.24, 2.45) is 0 Å². The fourth-order valence-electron chi connectivity index (χ4n) is 2.99. The topological polar surface area (TPSA) is 58.6 Å². The Balaban J connectivity index is 1.73. The molecule has 0 unspecified atom stereocenters. The van der Waals surface area contributed by atoms with Crippen molar-refractivity contribution in [3.05, 3.63) is 66.2 Å². The molecule has 0 aromatic heterocycles. The minimum Gasteiger partial charge on any atom is -0.497 e. The number of hydrogen-bond acceptors (Lipinski definition) is 3. The van der Waals surface area contributed by atoms with E-state index in [1.165, 1.54) is 6.92 Å².